The van der Waals surface area contributed by atoms with Gasteiger partial charge >= 0.3 is 6.03 Å². The van der Waals surface area contributed by atoms with Crippen LogP contribution in [-0.2, 0) is 4.79 Å². The van der Waals surface area contributed by atoms with E-state index < -0.39 is 6.03 Å². The lowest BCUT2D eigenvalue weighted by atomic mass is 10.0. The fourth-order valence-electron chi connectivity index (χ4n) is 1.63. The highest BCUT2D eigenvalue weighted by molar-refractivity contribution is 6.14. The number of urea groups is 1. The molecule has 0 aliphatic carbocycles. The fraction of sp³-hybridized carbons (Fsp3) is 0.167. The Balaban J connectivity index is 2.36. The molecule has 3 amide bonds. The molecule has 1 aromatic carbocycles. The normalized spacial score (nSPS) is 17.5. The third kappa shape index (κ3) is 1.95. The monoisotopic (exact) mass is 216 g/mol. The second kappa shape index (κ2) is 3.81. The molecule has 4 nitrogen and oxygen atoms in total. The summed E-state index contributed by atoms with van der Waals surface area (Å²) >= 11 is 0. The number of hydrogen-bond donors (Lipinski definition) is 2. The molecule has 0 aromatic heterocycles. The van der Waals surface area contributed by atoms with Crippen molar-refractivity contribution in [3.63, 3.8) is 0 Å². The zero-order valence-electron chi connectivity index (χ0n) is 9.13. The van der Waals surface area contributed by atoms with Crippen molar-refractivity contribution in [2.24, 2.45) is 0 Å². The lowest BCUT2D eigenvalue weighted by molar-refractivity contribution is -0.115. The molecule has 4 heteroatoms. The minimum Gasteiger partial charge on any atom is -0.303 e. The Morgan fingerprint density at radius 1 is 1.12 bits per heavy atom. The Hall–Kier alpha value is -2.10. The van der Waals surface area contributed by atoms with Gasteiger partial charge in [-0.1, -0.05) is 23.8 Å². The molecule has 0 unspecified atom stereocenters. The number of aryl methyl sites for hydroxylation is 2. The van der Waals surface area contributed by atoms with E-state index in [0.29, 0.717) is 0 Å². The molecule has 82 valence electrons. The zero-order chi connectivity index (χ0) is 11.7. The van der Waals surface area contributed by atoms with E-state index in [1.54, 1.807) is 6.08 Å². The van der Waals surface area contributed by atoms with Crippen molar-refractivity contribution in [2.45, 2.75) is 13.8 Å². The summed E-state index contributed by atoms with van der Waals surface area (Å²) in [4.78, 5) is 22.2. The van der Waals surface area contributed by atoms with Crippen molar-refractivity contribution < 1.29 is 9.59 Å². The first-order valence-electron chi connectivity index (χ1n) is 4.97. The predicted octanol–water partition coefficient (Wildman–Crippen LogP) is 1.48. The predicted molar refractivity (Wildman–Crippen MR) is 60.6 cm³/mol. The van der Waals surface area contributed by atoms with E-state index in [0.717, 1.165) is 11.1 Å². The van der Waals surface area contributed by atoms with Crippen molar-refractivity contribution in [1.82, 2.24) is 10.6 Å². The number of carbonyl (C=O) groups excluding carboxylic acids is 2. The Morgan fingerprint density at radius 2 is 1.88 bits per heavy atom. The number of benzene rings is 1. The van der Waals surface area contributed by atoms with Crippen LogP contribution in [0.3, 0.4) is 0 Å². The second-order valence-corrected chi connectivity index (χ2v) is 3.83. The molecule has 1 fully saturated rings. The Bertz CT molecular complexity index is 504. The summed E-state index contributed by atoms with van der Waals surface area (Å²) in [6.07, 6.45) is 1.68. The zero-order valence-corrected chi connectivity index (χ0v) is 9.13. The third-order valence-corrected chi connectivity index (χ3v) is 2.45. The SMILES string of the molecule is Cc1ccc(/C=C2\NC(=O)NC2=O)c(C)c1. The first-order chi connectivity index (χ1) is 7.56. The average molecular weight is 216 g/mol. The summed E-state index contributed by atoms with van der Waals surface area (Å²) in [7, 11) is 0. The van der Waals surface area contributed by atoms with Gasteiger partial charge in [0.05, 0.1) is 0 Å². The van der Waals surface area contributed by atoms with Crippen LogP contribution in [0.4, 0.5) is 4.79 Å². The highest BCUT2D eigenvalue weighted by Gasteiger charge is 2.22. The van der Waals surface area contributed by atoms with Crippen molar-refractivity contribution in [3.05, 3.63) is 40.6 Å². The van der Waals surface area contributed by atoms with Crippen LogP contribution in [0.15, 0.2) is 23.9 Å². The number of carbonyl (C=O) groups is 2. The molecular formula is C12H12N2O2. The number of rotatable bonds is 1. The minimum absolute atomic E-state index is 0.289. The summed E-state index contributed by atoms with van der Waals surface area (Å²) in [5.41, 5.74) is 3.45. The van der Waals surface area contributed by atoms with Crippen LogP contribution >= 0.6 is 0 Å². The Morgan fingerprint density at radius 3 is 2.44 bits per heavy atom. The maximum Gasteiger partial charge on any atom is 0.326 e. The summed E-state index contributed by atoms with van der Waals surface area (Å²) < 4.78 is 0. The van der Waals surface area contributed by atoms with Crippen LogP contribution < -0.4 is 10.6 Å². The summed E-state index contributed by atoms with van der Waals surface area (Å²) in [5.74, 6) is -0.384. The van der Waals surface area contributed by atoms with E-state index in [2.05, 4.69) is 10.6 Å². The van der Waals surface area contributed by atoms with E-state index in [-0.39, 0.29) is 11.6 Å². The van der Waals surface area contributed by atoms with Crippen LogP contribution in [0.5, 0.6) is 0 Å². The molecule has 1 saturated heterocycles. The molecule has 16 heavy (non-hydrogen) atoms. The van der Waals surface area contributed by atoms with Crippen LogP contribution in [0.1, 0.15) is 16.7 Å². The van der Waals surface area contributed by atoms with Gasteiger partial charge in [0.2, 0.25) is 0 Å². The van der Waals surface area contributed by atoms with Crippen molar-refractivity contribution in [3.8, 4) is 0 Å². The van der Waals surface area contributed by atoms with Gasteiger partial charge in [0.15, 0.2) is 0 Å². The molecular weight excluding hydrogens is 204 g/mol. The van der Waals surface area contributed by atoms with Gasteiger partial charge in [-0.2, -0.15) is 0 Å². The maximum atomic E-state index is 11.3. The van der Waals surface area contributed by atoms with Crippen LogP contribution in [0.25, 0.3) is 6.08 Å². The van der Waals surface area contributed by atoms with E-state index in [4.69, 9.17) is 0 Å². The van der Waals surface area contributed by atoms with Crippen LogP contribution in [0, 0.1) is 13.8 Å². The van der Waals surface area contributed by atoms with Crippen LogP contribution in [-0.4, -0.2) is 11.9 Å². The number of amides is 3. The van der Waals surface area contributed by atoms with Gasteiger partial charge in [-0.05, 0) is 31.1 Å². The van der Waals surface area contributed by atoms with Gasteiger partial charge in [-0.25, -0.2) is 4.79 Å². The topological polar surface area (TPSA) is 58.2 Å². The number of nitrogens with one attached hydrogen (secondary N) is 2. The molecule has 1 aliphatic rings. The molecule has 1 aliphatic heterocycles. The average Bonchev–Trinajstić information content (AvgIpc) is 2.50. The lowest BCUT2D eigenvalue weighted by Crippen LogP contribution is -2.22. The molecule has 2 N–H and O–H groups in total. The number of imide groups is 1. The van der Waals surface area contributed by atoms with E-state index >= 15 is 0 Å². The molecule has 0 atom stereocenters. The largest absolute Gasteiger partial charge is 0.326 e. The third-order valence-electron chi connectivity index (χ3n) is 2.45. The van der Waals surface area contributed by atoms with Gasteiger partial charge in [-0.15, -0.1) is 0 Å². The molecule has 2 rings (SSSR count). The molecule has 0 radical (unpaired) electrons. The molecule has 1 heterocycles. The standard InChI is InChI=1S/C12H12N2O2/c1-7-3-4-9(8(2)5-7)6-10-11(15)14-12(16)13-10/h3-6H,1-2H3,(H2,13,14,15,16)/b10-6-. The van der Waals surface area contributed by atoms with E-state index in [9.17, 15) is 9.59 Å². The van der Waals surface area contributed by atoms with Gasteiger partial charge in [0.1, 0.15) is 5.70 Å². The molecule has 0 spiro atoms. The van der Waals surface area contributed by atoms with Crippen LogP contribution in [0.2, 0.25) is 0 Å². The first kappa shape index (κ1) is 10.4. The Labute approximate surface area is 93.3 Å². The van der Waals surface area contributed by atoms with Gasteiger partial charge < -0.3 is 5.32 Å². The highest BCUT2D eigenvalue weighted by atomic mass is 16.2. The second-order valence-electron chi connectivity index (χ2n) is 3.83. The molecule has 0 saturated carbocycles. The van der Waals surface area contributed by atoms with Gasteiger partial charge in [-0.3, -0.25) is 10.1 Å². The molecule has 0 bridgehead atoms. The smallest absolute Gasteiger partial charge is 0.303 e. The summed E-state index contributed by atoms with van der Waals surface area (Å²) in [6.45, 7) is 3.97. The summed E-state index contributed by atoms with van der Waals surface area (Å²) in [6, 6.07) is 5.45. The maximum absolute atomic E-state index is 11.3. The first-order valence-corrected chi connectivity index (χ1v) is 4.97. The number of hydrogen-bond acceptors (Lipinski definition) is 2. The van der Waals surface area contributed by atoms with Gasteiger partial charge in [0.25, 0.3) is 5.91 Å². The van der Waals surface area contributed by atoms with Crippen molar-refractivity contribution >= 4 is 18.0 Å². The minimum atomic E-state index is -0.471. The quantitative estimate of drug-likeness (QED) is 0.552. The van der Waals surface area contributed by atoms with E-state index in [1.165, 1.54) is 5.56 Å². The fourth-order valence-corrected chi connectivity index (χ4v) is 1.63. The molecule has 1 aromatic rings. The lowest BCUT2D eigenvalue weighted by Gasteiger charge is -2.02. The summed E-state index contributed by atoms with van der Waals surface area (Å²) in [5, 5.41) is 4.62. The Kier molecular flexibility index (Phi) is 2.48. The van der Waals surface area contributed by atoms with Gasteiger partial charge in [0, 0.05) is 0 Å². The highest BCUT2D eigenvalue weighted by Crippen LogP contribution is 2.14. The van der Waals surface area contributed by atoms with Crippen molar-refractivity contribution in [2.75, 3.05) is 0 Å². The van der Waals surface area contributed by atoms with E-state index in [1.807, 2.05) is 32.0 Å². The van der Waals surface area contributed by atoms with Crippen molar-refractivity contribution in [1.29, 1.82) is 0 Å².